The molecule has 0 fully saturated rings. The maximum absolute atomic E-state index is 11.9. The molecule has 0 aliphatic rings. The highest BCUT2D eigenvalue weighted by Gasteiger charge is 2.13. The largest absolute Gasteiger partial charge is 0.392 e. The number of hydrogen-bond acceptors (Lipinski definition) is 2. The molecule has 0 aromatic heterocycles. The van der Waals surface area contributed by atoms with E-state index in [1.165, 1.54) is 0 Å². The highest BCUT2D eigenvalue weighted by molar-refractivity contribution is 7.70. The van der Waals surface area contributed by atoms with Gasteiger partial charge in [-0.3, -0.25) is 0 Å². The van der Waals surface area contributed by atoms with E-state index in [1.807, 2.05) is 24.3 Å². The van der Waals surface area contributed by atoms with Crippen LogP contribution in [0.2, 0.25) is 0 Å². The van der Waals surface area contributed by atoms with Crippen LogP contribution in [0, 0.1) is 0 Å². The van der Waals surface area contributed by atoms with Crippen LogP contribution < -0.4 is 5.30 Å². The molecule has 0 heterocycles. The summed E-state index contributed by atoms with van der Waals surface area (Å²) in [5.41, 5.74) is 0.926. The van der Waals surface area contributed by atoms with E-state index < -0.39 is 7.14 Å². The first kappa shape index (κ1) is 11.2. The van der Waals surface area contributed by atoms with Crippen LogP contribution in [-0.2, 0) is 4.57 Å². The van der Waals surface area contributed by atoms with Gasteiger partial charge in [-0.05, 0) is 18.9 Å². The van der Waals surface area contributed by atoms with Gasteiger partial charge < -0.3 is 9.67 Å². The van der Waals surface area contributed by atoms with Crippen molar-refractivity contribution in [2.45, 2.75) is 0 Å². The van der Waals surface area contributed by atoms with Gasteiger partial charge in [-0.1, -0.05) is 36.4 Å². The Morgan fingerprint density at radius 3 is 2.57 bits per heavy atom. The van der Waals surface area contributed by atoms with E-state index in [0.29, 0.717) is 0 Å². The molecule has 0 radical (unpaired) electrons. The van der Waals surface area contributed by atoms with Crippen molar-refractivity contribution < 1.29 is 9.67 Å². The number of aliphatic hydroxyl groups is 1. The number of rotatable bonds is 3. The van der Waals surface area contributed by atoms with E-state index in [0.717, 1.165) is 10.9 Å². The van der Waals surface area contributed by atoms with Gasteiger partial charge in [0, 0.05) is 5.30 Å². The minimum Gasteiger partial charge on any atom is -0.392 e. The standard InChI is InChI=1S/C11H15O2P/c1-14(2,13)11-8-4-3-6-10(11)7-5-9-12/h3-8,12H,9H2,1-2H3/b7-5+. The maximum Gasteiger partial charge on any atom is 0.110 e. The Labute approximate surface area is 84.7 Å². The van der Waals surface area contributed by atoms with Crippen molar-refractivity contribution in [3.8, 4) is 0 Å². The Morgan fingerprint density at radius 2 is 2.00 bits per heavy atom. The second kappa shape index (κ2) is 4.59. The topological polar surface area (TPSA) is 37.3 Å². The summed E-state index contributed by atoms with van der Waals surface area (Å²) in [6.45, 7) is 3.50. The summed E-state index contributed by atoms with van der Waals surface area (Å²) < 4.78 is 11.9. The first-order valence-corrected chi connectivity index (χ1v) is 7.08. The molecule has 76 valence electrons. The van der Waals surface area contributed by atoms with Crippen LogP contribution in [0.15, 0.2) is 30.3 Å². The van der Waals surface area contributed by atoms with Gasteiger partial charge in [0.05, 0.1) is 6.61 Å². The first-order chi connectivity index (χ1) is 6.55. The lowest BCUT2D eigenvalue weighted by atomic mass is 10.2. The fraction of sp³-hybridized carbons (Fsp3) is 0.273. The van der Waals surface area contributed by atoms with E-state index in [-0.39, 0.29) is 6.61 Å². The molecule has 1 aromatic rings. The Balaban J connectivity index is 3.17. The molecule has 0 spiro atoms. The van der Waals surface area contributed by atoms with Crippen molar-refractivity contribution in [1.29, 1.82) is 0 Å². The fourth-order valence-corrected chi connectivity index (χ4v) is 2.51. The van der Waals surface area contributed by atoms with Crippen LogP contribution >= 0.6 is 7.14 Å². The van der Waals surface area contributed by atoms with Crippen LogP contribution in [0.5, 0.6) is 0 Å². The Hall–Kier alpha value is -0.850. The third-order valence-electron chi connectivity index (χ3n) is 1.92. The van der Waals surface area contributed by atoms with Crippen molar-refractivity contribution in [1.82, 2.24) is 0 Å². The number of benzene rings is 1. The van der Waals surface area contributed by atoms with Gasteiger partial charge in [-0.15, -0.1) is 0 Å². The maximum atomic E-state index is 11.9. The normalized spacial score (nSPS) is 12.2. The predicted molar refractivity (Wildman–Crippen MR) is 61.7 cm³/mol. The van der Waals surface area contributed by atoms with Gasteiger partial charge in [-0.2, -0.15) is 0 Å². The molecule has 0 unspecified atom stereocenters. The van der Waals surface area contributed by atoms with Gasteiger partial charge in [0.2, 0.25) is 0 Å². The molecule has 0 aliphatic carbocycles. The van der Waals surface area contributed by atoms with E-state index in [4.69, 9.17) is 5.11 Å². The average Bonchev–Trinajstić information content (AvgIpc) is 2.14. The third-order valence-corrected chi connectivity index (χ3v) is 3.49. The Morgan fingerprint density at radius 1 is 1.36 bits per heavy atom. The molecule has 2 nitrogen and oxygen atoms in total. The van der Waals surface area contributed by atoms with Crippen LogP contribution in [0.1, 0.15) is 5.56 Å². The zero-order valence-corrected chi connectivity index (χ0v) is 9.37. The smallest absolute Gasteiger partial charge is 0.110 e. The van der Waals surface area contributed by atoms with Crippen molar-refractivity contribution >= 4 is 18.5 Å². The summed E-state index contributed by atoms with van der Waals surface area (Å²) in [6.07, 6.45) is 3.45. The Bertz CT molecular complexity index is 377. The molecule has 0 atom stereocenters. The van der Waals surface area contributed by atoms with Crippen LogP contribution in [0.3, 0.4) is 0 Å². The summed E-state index contributed by atoms with van der Waals surface area (Å²) in [6, 6.07) is 7.56. The number of hydrogen-bond donors (Lipinski definition) is 1. The molecule has 1 rings (SSSR count). The lowest BCUT2D eigenvalue weighted by Crippen LogP contribution is -2.06. The van der Waals surface area contributed by atoms with Crippen molar-refractivity contribution in [3.05, 3.63) is 35.9 Å². The van der Waals surface area contributed by atoms with Gasteiger partial charge in [-0.25, -0.2) is 0 Å². The summed E-state index contributed by atoms with van der Waals surface area (Å²) in [4.78, 5) is 0. The van der Waals surface area contributed by atoms with E-state index in [2.05, 4.69) is 0 Å². The Kier molecular flexibility index (Phi) is 3.68. The SMILES string of the molecule is CP(C)(=O)c1ccccc1/C=C/CO. The lowest BCUT2D eigenvalue weighted by molar-refractivity contribution is 0.343. The van der Waals surface area contributed by atoms with Crippen molar-refractivity contribution in [2.75, 3.05) is 19.9 Å². The van der Waals surface area contributed by atoms with E-state index in [9.17, 15) is 4.57 Å². The number of aliphatic hydroxyl groups excluding tert-OH is 1. The summed E-state index contributed by atoms with van der Waals surface area (Å²) in [7, 11) is -2.23. The molecule has 0 bridgehead atoms. The third kappa shape index (κ3) is 2.83. The molecule has 1 aromatic carbocycles. The summed E-state index contributed by atoms with van der Waals surface area (Å²) >= 11 is 0. The van der Waals surface area contributed by atoms with Crippen LogP contribution in [0.4, 0.5) is 0 Å². The van der Waals surface area contributed by atoms with Crippen LogP contribution in [0.25, 0.3) is 6.08 Å². The van der Waals surface area contributed by atoms with Crippen LogP contribution in [-0.4, -0.2) is 25.0 Å². The molecular weight excluding hydrogens is 195 g/mol. The lowest BCUT2D eigenvalue weighted by Gasteiger charge is -2.10. The molecule has 0 saturated heterocycles. The minimum absolute atomic E-state index is 0.00602. The summed E-state index contributed by atoms with van der Waals surface area (Å²) in [5.74, 6) is 0. The van der Waals surface area contributed by atoms with E-state index >= 15 is 0 Å². The monoisotopic (exact) mass is 210 g/mol. The van der Waals surface area contributed by atoms with Crippen molar-refractivity contribution in [2.24, 2.45) is 0 Å². The molecule has 0 amide bonds. The molecule has 1 N–H and O–H groups in total. The first-order valence-electron chi connectivity index (χ1n) is 4.47. The van der Waals surface area contributed by atoms with Gasteiger partial charge in [0.25, 0.3) is 0 Å². The molecule has 14 heavy (non-hydrogen) atoms. The summed E-state index contributed by atoms with van der Waals surface area (Å²) in [5, 5.41) is 9.53. The van der Waals surface area contributed by atoms with Gasteiger partial charge >= 0.3 is 0 Å². The predicted octanol–water partition coefficient (Wildman–Crippen LogP) is 1.94. The molecular formula is C11H15O2P. The van der Waals surface area contributed by atoms with Gasteiger partial charge in [0.15, 0.2) is 0 Å². The fourth-order valence-electron chi connectivity index (χ4n) is 1.30. The highest BCUT2D eigenvalue weighted by atomic mass is 31.2. The quantitative estimate of drug-likeness (QED) is 0.774. The second-order valence-electron chi connectivity index (χ2n) is 3.49. The minimum atomic E-state index is -2.23. The van der Waals surface area contributed by atoms with Gasteiger partial charge in [0.1, 0.15) is 7.14 Å². The van der Waals surface area contributed by atoms with E-state index in [1.54, 1.807) is 25.5 Å². The van der Waals surface area contributed by atoms with Crippen molar-refractivity contribution in [3.63, 3.8) is 0 Å². The molecule has 3 heteroatoms. The zero-order chi connectivity index (χ0) is 10.6. The zero-order valence-electron chi connectivity index (χ0n) is 8.47. The average molecular weight is 210 g/mol. The second-order valence-corrected chi connectivity index (χ2v) is 6.68. The molecule has 0 saturated carbocycles. The highest BCUT2D eigenvalue weighted by Crippen LogP contribution is 2.36. The molecule has 0 aliphatic heterocycles.